The first-order valence-corrected chi connectivity index (χ1v) is 8.61. The summed E-state index contributed by atoms with van der Waals surface area (Å²) in [5.74, 6) is 0.797. The van der Waals surface area contributed by atoms with Gasteiger partial charge in [-0.3, -0.25) is 5.32 Å². The van der Waals surface area contributed by atoms with Crippen molar-refractivity contribution in [1.29, 1.82) is 0 Å². The summed E-state index contributed by atoms with van der Waals surface area (Å²) < 4.78 is 5.43. The number of benzene rings is 1. The highest BCUT2D eigenvalue weighted by molar-refractivity contribution is 7.98. The molecule has 21 heavy (non-hydrogen) atoms. The molecule has 0 amide bonds. The van der Waals surface area contributed by atoms with E-state index in [-0.39, 0.29) is 18.7 Å². The van der Waals surface area contributed by atoms with Crippen LogP contribution in [-0.2, 0) is 6.42 Å². The first-order valence-electron chi connectivity index (χ1n) is 7.39. The summed E-state index contributed by atoms with van der Waals surface area (Å²) in [6.45, 7) is 0.0439. The number of hydrogen-bond donors (Lipinski definition) is 2. The summed E-state index contributed by atoms with van der Waals surface area (Å²) in [4.78, 5) is 1.32. The zero-order valence-electron chi connectivity index (χ0n) is 12.2. The molecular formula is C17H21NO2S. The van der Waals surface area contributed by atoms with Gasteiger partial charge in [-0.05, 0) is 60.9 Å². The van der Waals surface area contributed by atoms with Gasteiger partial charge in [-0.25, -0.2) is 0 Å². The second kappa shape index (κ2) is 6.69. The van der Waals surface area contributed by atoms with E-state index in [4.69, 9.17) is 4.42 Å². The normalized spacial score (nSPS) is 19.2. The van der Waals surface area contributed by atoms with Crippen LogP contribution in [-0.4, -0.2) is 18.0 Å². The average molecular weight is 303 g/mol. The second-order valence-corrected chi connectivity index (χ2v) is 6.31. The van der Waals surface area contributed by atoms with Gasteiger partial charge in [0.05, 0.1) is 18.9 Å². The predicted octanol–water partition coefficient (Wildman–Crippen LogP) is 3.70. The minimum atomic E-state index is -0.142. The third kappa shape index (κ3) is 3.18. The predicted molar refractivity (Wildman–Crippen MR) is 85.6 cm³/mol. The Bertz CT molecular complexity index is 582. The fourth-order valence-electron chi connectivity index (χ4n) is 3.05. The number of aryl methyl sites for hydroxylation is 1. The van der Waals surface area contributed by atoms with Crippen molar-refractivity contribution in [3.05, 3.63) is 53.5 Å². The molecule has 1 aromatic carbocycles. The van der Waals surface area contributed by atoms with Crippen molar-refractivity contribution in [2.45, 2.75) is 36.2 Å². The molecular weight excluding hydrogens is 282 g/mol. The summed E-state index contributed by atoms with van der Waals surface area (Å²) in [5, 5.41) is 13.2. The number of thioether (sulfide) groups is 1. The smallest absolute Gasteiger partial charge is 0.123 e. The number of hydrogen-bond acceptors (Lipinski definition) is 4. The molecule has 1 aliphatic rings. The molecule has 2 unspecified atom stereocenters. The molecule has 0 bridgehead atoms. The monoisotopic (exact) mass is 303 g/mol. The maximum absolute atomic E-state index is 9.63. The molecule has 2 N–H and O–H groups in total. The summed E-state index contributed by atoms with van der Waals surface area (Å²) in [6, 6.07) is 10.6. The van der Waals surface area contributed by atoms with Gasteiger partial charge in [0, 0.05) is 10.9 Å². The van der Waals surface area contributed by atoms with Crippen molar-refractivity contribution in [3.8, 4) is 0 Å². The molecule has 1 heterocycles. The van der Waals surface area contributed by atoms with E-state index in [9.17, 15) is 5.11 Å². The van der Waals surface area contributed by atoms with Crippen LogP contribution in [0.5, 0.6) is 0 Å². The van der Waals surface area contributed by atoms with Crippen LogP contribution in [0.4, 0.5) is 0 Å². The quantitative estimate of drug-likeness (QED) is 0.827. The Morgan fingerprint density at radius 1 is 1.43 bits per heavy atom. The van der Waals surface area contributed by atoms with E-state index in [0.717, 1.165) is 18.6 Å². The van der Waals surface area contributed by atoms with Crippen molar-refractivity contribution in [3.63, 3.8) is 0 Å². The van der Waals surface area contributed by atoms with E-state index in [1.807, 2.05) is 12.1 Å². The lowest BCUT2D eigenvalue weighted by Crippen LogP contribution is -2.31. The van der Waals surface area contributed by atoms with Gasteiger partial charge in [0.25, 0.3) is 0 Å². The molecule has 2 atom stereocenters. The van der Waals surface area contributed by atoms with E-state index in [2.05, 4.69) is 29.8 Å². The lowest BCUT2D eigenvalue weighted by Gasteiger charge is -2.29. The molecule has 4 heteroatoms. The molecule has 1 aromatic heterocycles. The standard InChI is InChI=1S/C17H21NO2S/c1-21-13-7-8-14-12(10-13)4-2-5-15(14)18-16(11-19)17-6-3-9-20-17/h3,6-10,15-16,18-19H,2,4-5,11H2,1H3. The molecule has 112 valence electrons. The Morgan fingerprint density at radius 3 is 3.05 bits per heavy atom. The van der Waals surface area contributed by atoms with E-state index < -0.39 is 0 Å². The number of furan rings is 1. The largest absolute Gasteiger partial charge is 0.468 e. The third-order valence-corrected chi connectivity index (χ3v) is 4.86. The molecule has 3 nitrogen and oxygen atoms in total. The van der Waals surface area contributed by atoms with Gasteiger partial charge in [0.1, 0.15) is 5.76 Å². The fourth-order valence-corrected chi connectivity index (χ4v) is 3.51. The zero-order valence-corrected chi connectivity index (χ0v) is 13.0. The SMILES string of the molecule is CSc1ccc2c(c1)CCCC2NC(CO)c1ccco1. The Morgan fingerprint density at radius 2 is 2.33 bits per heavy atom. The first kappa shape index (κ1) is 14.7. The highest BCUT2D eigenvalue weighted by Crippen LogP contribution is 2.33. The summed E-state index contributed by atoms with van der Waals surface area (Å²) >= 11 is 1.78. The van der Waals surface area contributed by atoms with Crippen molar-refractivity contribution < 1.29 is 9.52 Å². The van der Waals surface area contributed by atoms with Gasteiger partial charge >= 0.3 is 0 Å². The van der Waals surface area contributed by atoms with Crippen LogP contribution in [0.25, 0.3) is 0 Å². The molecule has 0 radical (unpaired) electrons. The molecule has 1 aliphatic carbocycles. The van der Waals surface area contributed by atoms with Gasteiger partial charge in [-0.2, -0.15) is 0 Å². The highest BCUT2D eigenvalue weighted by atomic mass is 32.2. The molecule has 0 spiro atoms. The first-order chi connectivity index (χ1) is 10.3. The van der Waals surface area contributed by atoms with Crippen molar-refractivity contribution in [2.24, 2.45) is 0 Å². The van der Waals surface area contributed by atoms with Crippen LogP contribution < -0.4 is 5.32 Å². The van der Waals surface area contributed by atoms with Crippen LogP contribution in [0.15, 0.2) is 45.9 Å². The lowest BCUT2D eigenvalue weighted by molar-refractivity contribution is 0.210. The minimum absolute atomic E-state index is 0.0439. The molecule has 0 saturated heterocycles. The Hall–Kier alpha value is -1.23. The van der Waals surface area contributed by atoms with Crippen LogP contribution in [0.3, 0.4) is 0 Å². The van der Waals surface area contributed by atoms with Crippen LogP contribution in [0.2, 0.25) is 0 Å². The van der Waals surface area contributed by atoms with E-state index in [0.29, 0.717) is 0 Å². The van der Waals surface area contributed by atoms with E-state index in [1.165, 1.54) is 22.4 Å². The number of rotatable bonds is 5. The van der Waals surface area contributed by atoms with Gasteiger partial charge in [0.15, 0.2) is 0 Å². The number of aliphatic hydroxyl groups excluding tert-OH is 1. The van der Waals surface area contributed by atoms with Gasteiger partial charge in [0.2, 0.25) is 0 Å². The highest BCUT2D eigenvalue weighted by Gasteiger charge is 2.24. The molecule has 2 aromatic rings. The zero-order chi connectivity index (χ0) is 14.7. The number of fused-ring (bicyclic) bond motifs is 1. The Labute approximate surface area is 129 Å². The third-order valence-electron chi connectivity index (χ3n) is 4.14. The van der Waals surface area contributed by atoms with Gasteiger partial charge in [-0.1, -0.05) is 6.07 Å². The Kier molecular flexibility index (Phi) is 4.68. The van der Waals surface area contributed by atoms with Crippen molar-refractivity contribution in [1.82, 2.24) is 5.32 Å². The van der Waals surface area contributed by atoms with Crippen LogP contribution in [0.1, 0.15) is 41.8 Å². The van der Waals surface area contributed by atoms with E-state index >= 15 is 0 Å². The molecule has 3 rings (SSSR count). The molecule has 0 fully saturated rings. The average Bonchev–Trinajstić information content (AvgIpc) is 3.06. The topological polar surface area (TPSA) is 45.4 Å². The fraction of sp³-hybridized carbons (Fsp3) is 0.412. The molecule has 0 saturated carbocycles. The van der Waals surface area contributed by atoms with Gasteiger partial charge in [-0.15, -0.1) is 11.8 Å². The summed E-state index contributed by atoms with van der Waals surface area (Å²) in [5.41, 5.74) is 2.80. The maximum Gasteiger partial charge on any atom is 0.123 e. The number of nitrogens with one attached hydrogen (secondary N) is 1. The summed E-state index contributed by atoms with van der Waals surface area (Å²) in [6.07, 6.45) is 7.19. The van der Waals surface area contributed by atoms with Crippen LogP contribution >= 0.6 is 11.8 Å². The van der Waals surface area contributed by atoms with Gasteiger partial charge < -0.3 is 9.52 Å². The minimum Gasteiger partial charge on any atom is -0.468 e. The van der Waals surface area contributed by atoms with Crippen LogP contribution in [0, 0.1) is 0 Å². The lowest BCUT2D eigenvalue weighted by atomic mass is 9.87. The second-order valence-electron chi connectivity index (χ2n) is 5.43. The Balaban J connectivity index is 1.81. The summed E-state index contributed by atoms with van der Waals surface area (Å²) in [7, 11) is 0. The van der Waals surface area contributed by atoms with Crippen molar-refractivity contribution >= 4 is 11.8 Å². The van der Waals surface area contributed by atoms with Crippen molar-refractivity contribution in [2.75, 3.05) is 12.9 Å². The number of aliphatic hydroxyl groups is 1. The van der Waals surface area contributed by atoms with E-state index in [1.54, 1.807) is 18.0 Å². The maximum atomic E-state index is 9.63. The molecule has 0 aliphatic heterocycles.